The maximum absolute atomic E-state index is 12.5. The molecular formula is C16H20N2O5. The fourth-order valence-electron chi connectivity index (χ4n) is 2.20. The second-order valence-electron chi connectivity index (χ2n) is 5.22. The molecule has 1 aromatic heterocycles. The molecule has 1 heterocycles. The van der Waals surface area contributed by atoms with Crippen LogP contribution in [0.1, 0.15) is 29.1 Å². The Morgan fingerprint density at radius 3 is 2.43 bits per heavy atom. The lowest BCUT2D eigenvalue weighted by molar-refractivity contribution is 0.0815. The molecule has 2 rings (SSSR count). The second kappa shape index (κ2) is 6.70. The van der Waals surface area contributed by atoms with Crippen molar-refractivity contribution in [1.29, 1.82) is 0 Å². The summed E-state index contributed by atoms with van der Waals surface area (Å²) < 4.78 is 15.7. The molecule has 0 aliphatic rings. The van der Waals surface area contributed by atoms with Crippen molar-refractivity contribution in [3.8, 4) is 22.8 Å². The van der Waals surface area contributed by atoms with Gasteiger partial charge in [-0.3, -0.25) is 4.79 Å². The highest BCUT2D eigenvalue weighted by atomic mass is 16.5. The number of aliphatic hydroxyl groups excluding tert-OH is 1. The maximum Gasteiger partial charge on any atom is 0.259 e. The minimum atomic E-state index is -0.949. The molecule has 0 saturated heterocycles. The highest BCUT2D eigenvalue weighted by molar-refractivity contribution is 6.00. The van der Waals surface area contributed by atoms with Gasteiger partial charge in [0.25, 0.3) is 5.91 Å². The summed E-state index contributed by atoms with van der Waals surface area (Å²) in [6.45, 7) is 1.52. The lowest BCUT2D eigenvalue weighted by Crippen LogP contribution is -2.23. The van der Waals surface area contributed by atoms with Crippen molar-refractivity contribution in [1.82, 2.24) is 10.1 Å². The van der Waals surface area contributed by atoms with Crippen molar-refractivity contribution in [2.45, 2.75) is 13.0 Å². The first-order valence-corrected chi connectivity index (χ1v) is 7.02. The van der Waals surface area contributed by atoms with Crippen LogP contribution in [0, 0.1) is 0 Å². The van der Waals surface area contributed by atoms with Crippen LogP contribution < -0.4 is 9.47 Å². The van der Waals surface area contributed by atoms with Crippen LogP contribution in [0.3, 0.4) is 0 Å². The first kappa shape index (κ1) is 16.8. The van der Waals surface area contributed by atoms with E-state index in [1.165, 1.54) is 18.9 Å². The van der Waals surface area contributed by atoms with E-state index >= 15 is 0 Å². The summed E-state index contributed by atoms with van der Waals surface area (Å²) in [4.78, 5) is 13.9. The molecule has 0 spiro atoms. The number of amides is 1. The van der Waals surface area contributed by atoms with Gasteiger partial charge in [-0.15, -0.1) is 0 Å². The van der Waals surface area contributed by atoms with Crippen LogP contribution in [0.25, 0.3) is 11.3 Å². The quantitative estimate of drug-likeness (QED) is 0.908. The molecule has 0 fully saturated rings. The zero-order valence-electron chi connectivity index (χ0n) is 13.8. The van der Waals surface area contributed by atoms with Gasteiger partial charge in [-0.2, -0.15) is 0 Å². The van der Waals surface area contributed by atoms with Crippen LogP contribution in [0.2, 0.25) is 0 Å². The van der Waals surface area contributed by atoms with Gasteiger partial charge in [-0.1, -0.05) is 5.16 Å². The van der Waals surface area contributed by atoms with Crippen LogP contribution >= 0.6 is 0 Å². The Hall–Kier alpha value is -2.54. The van der Waals surface area contributed by atoms with Gasteiger partial charge in [0, 0.05) is 19.7 Å². The summed E-state index contributed by atoms with van der Waals surface area (Å²) in [5, 5.41) is 13.8. The Kier molecular flexibility index (Phi) is 4.90. The van der Waals surface area contributed by atoms with Crippen molar-refractivity contribution in [3.63, 3.8) is 0 Å². The number of hydrogen-bond donors (Lipinski definition) is 1. The number of rotatable bonds is 5. The number of nitrogens with zero attached hydrogens (tertiary/aromatic N) is 2. The van der Waals surface area contributed by atoms with E-state index in [1.807, 2.05) is 0 Å². The van der Waals surface area contributed by atoms with Crippen molar-refractivity contribution in [2.24, 2.45) is 0 Å². The summed E-state index contributed by atoms with van der Waals surface area (Å²) in [5.41, 5.74) is 1.21. The number of methoxy groups -OCH3 is 2. The summed E-state index contributed by atoms with van der Waals surface area (Å²) in [7, 11) is 6.32. The first-order valence-electron chi connectivity index (χ1n) is 7.02. The van der Waals surface area contributed by atoms with E-state index in [0.717, 1.165) is 0 Å². The Labute approximate surface area is 134 Å². The molecule has 0 bridgehead atoms. The van der Waals surface area contributed by atoms with E-state index in [2.05, 4.69) is 5.16 Å². The van der Waals surface area contributed by atoms with Gasteiger partial charge in [0.1, 0.15) is 17.4 Å². The molecule has 1 atom stereocenters. The molecule has 1 N–H and O–H groups in total. The highest BCUT2D eigenvalue weighted by Gasteiger charge is 2.28. The Balaban J connectivity index is 2.62. The zero-order valence-corrected chi connectivity index (χ0v) is 13.8. The smallest absolute Gasteiger partial charge is 0.259 e. The van der Waals surface area contributed by atoms with Gasteiger partial charge in [0.15, 0.2) is 17.3 Å². The summed E-state index contributed by atoms with van der Waals surface area (Å²) in [6.07, 6.45) is -0.949. The normalized spacial score (nSPS) is 11.9. The van der Waals surface area contributed by atoms with Crippen molar-refractivity contribution >= 4 is 5.91 Å². The third kappa shape index (κ3) is 3.14. The molecule has 2 aromatic rings. The van der Waals surface area contributed by atoms with Gasteiger partial charge in [-0.05, 0) is 25.1 Å². The van der Waals surface area contributed by atoms with Crippen molar-refractivity contribution < 1.29 is 23.9 Å². The SMILES string of the molecule is COc1ccc(-c2noc([C@H](C)O)c2C(=O)N(C)C)cc1OC. The molecule has 0 radical (unpaired) electrons. The third-order valence-corrected chi connectivity index (χ3v) is 3.37. The summed E-state index contributed by atoms with van der Waals surface area (Å²) >= 11 is 0. The highest BCUT2D eigenvalue weighted by Crippen LogP contribution is 2.35. The number of aromatic nitrogens is 1. The second-order valence-corrected chi connectivity index (χ2v) is 5.22. The van der Waals surface area contributed by atoms with E-state index in [9.17, 15) is 9.90 Å². The molecule has 0 aliphatic carbocycles. The molecule has 7 nitrogen and oxygen atoms in total. The lowest BCUT2D eigenvalue weighted by Gasteiger charge is -2.13. The van der Waals surface area contributed by atoms with Crippen LogP contribution in [-0.4, -0.2) is 49.4 Å². The Morgan fingerprint density at radius 1 is 1.26 bits per heavy atom. The average Bonchev–Trinajstić information content (AvgIpc) is 2.98. The Bertz CT molecular complexity index is 706. The number of benzene rings is 1. The van der Waals surface area contributed by atoms with Gasteiger partial charge in [0.2, 0.25) is 0 Å². The minimum Gasteiger partial charge on any atom is -0.493 e. The predicted octanol–water partition coefficient (Wildman–Crippen LogP) is 2.11. The van der Waals surface area contributed by atoms with E-state index in [-0.39, 0.29) is 17.2 Å². The number of ether oxygens (including phenoxy) is 2. The predicted molar refractivity (Wildman–Crippen MR) is 83.7 cm³/mol. The van der Waals surface area contributed by atoms with E-state index in [0.29, 0.717) is 22.8 Å². The van der Waals surface area contributed by atoms with Gasteiger partial charge in [0.05, 0.1) is 14.2 Å². The van der Waals surface area contributed by atoms with Crippen LogP contribution in [0.5, 0.6) is 11.5 Å². The molecule has 1 aromatic carbocycles. The zero-order chi connectivity index (χ0) is 17.1. The monoisotopic (exact) mass is 320 g/mol. The molecule has 0 unspecified atom stereocenters. The molecular weight excluding hydrogens is 300 g/mol. The average molecular weight is 320 g/mol. The van der Waals surface area contributed by atoms with Crippen LogP contribution in [-0.2, 0) is 0 Å². The molecule has 7 heteroatoms. The lowest BCUT2D eigenvalue weighted by atomic mass is 10.0. The number of hydrogen-bond acceptors (Lipinski definition) is 6. The largest absolute Gasteiger partial charge is 0.493 e. The third-order valence-electron chi connectivity index (χ3n) is 3.37. The van der Waals surface area contributed by atoms with Gasteiger partial charge >= 0.3 is 0 Å². The minimum absolute atomic E-state index is 0.133. The van der Waals surface area contributed by atoms with E-state index in [1.54, 1.807) is 39.4 Å². The fourth-order valence-corrected chi connectivity index (χ4v) is 2.20. The van der Waals surface area contributed by atoms with Crippen LogP contribution in [0.15, 0.2) is 22.7 Å². The van der Waals surface area contributed by atoms with Crippen molar-refractivity contribution in [2.75, 3.05) is 28.3 Å². The topological polar surface area (TPSA) is 85.0 Å². The number of aliphatic hydroxyl groups is 1. The van der Waals surface area contributed by atoms with Gasteiger partial charge in [-0.25, -0.2) is 0 Å². The molecule has 0 saturated carbocycles. The van der Waals surface area contributed by atoms with Crippen molar-refractivity contribution in [3.05, 3.63) is 29.5 Å². The molecule has 1 amide bonds. The van der Waals surface area contributed by atoms with E-state index in [4.69, 9.17) is 14.0 Å². The molecule has 124 valence electrons. The number of carbonyl (C=O) groups is 1. The number of carbonyl (C=O) groups excluding carboxylic acids is 1. The molecule has 23 heavy (non-hydrogen) atoms. The van der Waals surface area contributed by atoms with E-state index < -0.39 is 6.10 Å². The Morgan fingerprint density at radius 2 is 1.91 bits per heavy atom. The standard InChI is InChI=1S/C16H20N2O5/c1-9(19)15-13(16(20)18(2)3)14(17-23-15)10-6-7-11(21-4)12(8-10)22-5/h6-9,19H,1-5H3/t9-/m0/s1. The molecule has 0 aliphatic heterocycles. The van der Waals surface area contributed by atoms with Crippen LogP contribution in [0.4, 0.5) is 0 Å². The van der Waals surface area contributed by atoms with Gasteiger partial charge < -0.3 is 24.0 Å². The first-order chi connectivity index (χ1) is 10.9. The summed E-state index contributed by atoms with van der Waals surface area (Å²) in [6, 6.07) is 5.17. The maximum atomic E-state index is 12.5. The fraction of sp³-hybridized carbons (Fsp3) is 0.375. The summed E-state index contributed by atoms with van der Waals surface area (Å²) in [5.74, 6) is 0.909.